The van der Waals surface area contributed by atoms with Crippen molar-refractivity contribution in [3.63, 3.8) is 0 Å². The van der Waals surface area contributed by atoms with E-state index in [4.69, 9.17) is 4.55 Å². The summed E-state index contributed by atoms with van der Waals surface area (Å²) < 4.78 is 34.0. The fourth-order valence-electron chi connectivity index (χ4n) is 2.54. The van der Waals surface area contributed by atoms with E-state index in [-0.39, 0.29) is 11.3 Å². The van der Waals surface area contributed by atoms with Crippen LogP contribution in [0.5, 0.6) is 0 Å². The first kappa shape index (κ1) is 16.4. The quantitative estimate of drug-likeness (QED) is 0.729. The number of benzene rings is 1. The van der Waals surface area contributed by atoms with E-state index >= 15 is 0 Å². The molecule has 0 spiro atoms. The number of aromatic nitrogens is 2. The molecule has 0 saturated heterocycles. The van der Waals surface area contributed by atoms with Gasteiger partial charge in [-0.05, 0) is 41.8 Å². The number of halogens is 1. The Kier molecular flexibility index (Phi) is 4.78. The Morgan fingerprint density at radius 1 is 1.04 bits per heavy atom. The molecule has 0 saturated carbocycles. The van der Waals surface area contributed by atoms with Crippen LogP contribution in [0.3, 0.4) is 0 Å². The molecular formula is C18H15FN2O2S. The molecule has 0 radical (unpaired) electrons. The highest BCUT2D eigenvalue weighted by atomic mass is 32.2. The normalized spacial score (nSPS) is 12.1. The standard InChI is InChI=1S/C18H15FN2O2S/c1-12-6-15(9-21-8-12)16-4-5-20-10-17(16)13-2-3-14(11-24(22)23)18(19)7-13/h2-10H,11H2,1H3,(H,22,23). The Hall–Kier alpha value is -2.44. The van der Waals surface area contributed by atoms with Crippen LogP contribution in [0.2, 0.25) is 0 Å². The molecule has 0 aliphatic rings. The first-order valence-corrected chi connectivity index (χ1v) is 8.54. The monoisotopic (exact) mass is 342 g/mol. The number of nitrogens with zero attached hydrogens (tertiary/aromatic N) is 2. The van der Waals surface area contributed by atoms with Gasteiger partial charge in [-0.3, -0.25) is 9.97 Å². The summed E-state index contributed by atoms with van der Waals surface area (Å²) in [6, 6.07) is 8.50. The molecule has 0 amide bonds. The Bertz CT molecular complexity index is 915. The summed E-state index contributed by atoms with van der Waals surface area (Å²) >= 11 is -2.08. The maximum atomic E-state index is 14.2. The van der Waals surface area contributed by atoms with Gasteiger partial charge < -0.3 is 4.55 Å². The highest BCUT2D eigenvalue weighted by molar-refractivity contribution is 7.78. The van der Waals surface area contributed by atoms with Crippen molar-refractivity contribution in [2.45, 2.75) is 12.7 Å². The number of hydrogen-bond acceptors (Lipinski definition) is 3. The molecule has 2 heterocycles. The molecule has 0 aliphatic carbocycles. The van der Waals surface area contributed by atoms with Crippen molar-refractivity contribution < 1.29 is 13.2 Å². The van der Waals surface area contributed by atoms with Crippen LogP contribution in [-0.2, 0) is 16.8 Å². The molecule has 3 aromatic rings. The maximum Gasteiger partial charge on any atom is 0.157 e. The van der Waals surface area contributed by atoms with E-state index < -0.39 is 16.9 Å². The molecule has 1 atom stereocenters. The second-order valence-corrected chi connectivity index (χ2v) is 6.38. The van der Waals surface area contributed by atoms with Crippen LogP contribution < -0.4 is 0 Å². The molecule has 2 aromatic heterocycles. The second kappa shape index (κ2) is 6.98. The average molecular weight is 342 g/mol. The van der Waals surface area contributed by atoms with Crippen molar-refractivity contribution in [1.29, 1.82) is 0 Å². The van der Waals surface area contributed by atoms with Crippen LogP contribution in [0.15, 0.2) is 55.1 Å². The number of hydrogen-bond donors (Lipinski definition) is 1. The summed E-state index contributed by atoms with van der Waals surface area (Å²) in [7, 11) is 0. The third-order valence-corrected chi connectivity index (χ3v) is 4.21. The SMILES string of the molecule is Cc1cncc(-c2ccncc2-c2ccc(CS(=O)O)c(F)c2)c1. The van der Waals surface area contributed by atoms with Crippen LogP contribution >= 0.6 is 0 Å². The number of aryl methyl sites for hydroxylation is 1. The largest absolute Gasteiger partial charge is 0.306 e. The fourth-order valence-corrected chi connectivity index (χ4v) is 3.04. The van der Waals surface area contributed by atoms with E-state index in [1.54, 1.807) is 30.9 Å². The van der Waals surface area contributed by atoms with Gasteiger partial charge in [0.25, 0.3) is 0 Å². The lowest BCUT2D eigenvalue weighted by Gasteiger charge is -2.11. The van der Waals surface area contributed by atoms with Gasteiger partial charge in [0.1, 0.15) is 5.82 Å². The smallest absolute Gasteiger partial charge is 0.157 e. The van der Waals surface area contributed by atoms with Crippen molar-refractivity contribution in [2.75, 3.05) is 0 Å². The third-order valence-electron chi connectivity index (χ3n) is 3.65. The minimum Gasteiger partial charge on any atom is -0.306 e. The molecule has 1 unspecified atom stereocenters. The van der Waals surface area contributed by atoms with Gasteiger partial charge in [0.05, 0.1) is 5.75 Å². The van der Waals surface area contributed by atoms with Gasteiger partial charge in [-0.25, -0.2) is 8.60 Å². The Balaban J connectivity index is 2.08. The zero-order chi connectivity index (χ0) is 17.1. The van der Waals surface area contributed by atoms with Gasteiger partial charge >= 0.3 is 0 Å². The van der Waals surface area contributed by atoms with Gasteiger partial charge in [-0.2, -0.15) is 0 Å². The zero-order valence-electron chi connectivity index (χ0n) is 12.9. The van der Waals surface area contributed by atoms with Gasteiger partial charge in [0, 0.05) is 41.5 Å². The zero-order valence-corrected chi connectivity index (χ0v) is 13.8. The Morgan fingerprint density at radius 3 is 2.58 bits per heavy atom. The van der Waals surface area contributed by atoms with Crippen LogP contribution in [0.4, 0.5) is 4.39 Å². The van der Waals surface area contributed by atoms with E-state index in [2.05, 4.69) is 9.97 Å². The van der Waals surface area contributed by atoms with Gasteiger partial charge in [0.15, 0.2) is 11.1 Å². The molecule has 24 heavy (non-hydrogen) atoms. The van der Waals surface area contributed by atoms with Gasteiger partial charge in [-0.15, -0.1) is 0 Å². The maximum absolute atomic E-state index is 14.2. The van der Waals surface area contributed by atoms with Crippen molar-refractivity contribution in [3.8, 4) is 22.3 Å². The summed E-state index contributed by atoms with van der Waals surface area (Å²) in [4.78, 5) is 8.34. The molecule has 0 bridgehead atoms. The lowest BCUT2D eigenvalue weighted by atomic mass is 9.96. The highest BCUT2D eigenvalue weighted by Crippen LogP contribution is 2.32. The number of pyridine rings is 2. The molecular weight excluding hydrogens is 327 g/mol. The molecule has 6 heteroatoms. The van der Waals surface area contributed by atoms with Crippen molar-refractivity contribution >= 4 is 11.1 Å². The van der Waals surface area contributed by atoms with E-state index in [9.17, 15) is 8.60 Å². The second-order valence-electron chi connectivity index (χ2n) is 5.44. The van der Waals surface area contributed by atoms with E-state index in [1.165, 1.54) is 12.1 Å². The summed E-state index contributed by atoms with van der Waals surface area (Å²) in [6.45, 7) is 1.96. The van der Waals surface area contributed by atoms with Crippen molar-refractivity contribution in [2.24, 2.45) is 0 Å². The minimum atomic E-state index is -2.08. The topological polar surface area (TPSA) is 63.1 Å². The lowest BCUT2D eigenvalue weighted by molar-refractivity contribution is 0.559. The first-order valence-electron chi connectivity index (χ1n) is 7.27. The molecule has 0 fully saturated rings. The van der Waals surface area contributed by atoms with Crippen LogP contribution in [0.25, 0.3) is 22.3 Å². The van der Waals surface area contributed by atoms with Crippen molar-refractivity contribution in [3.05, 3.63) is 72.1 Å². The van der Waals surface area contributed by atoms with Crippen LogP contribution in [0, 0.1) is 12.7 Å². The summed E-state index contributed by atoms with van der Waals surface area (Å²) in [5.74, 6) is -0.736. The Labute approximate surface area is 141 Å². The molecule has 1 N–H and O–H groups in total. The predicted molar refractivity (Wildman–Crippen MR) is 92.1 cm³/mol. The molecule has 0 aliphatic heterocycles. The Morgan fingerprint density at radius 2 is 1.88 bits per heavy atom. The highest BCUT2D eigenvalue weighted by Gasteiger charge is 2.12. The molecule has 3 rings (SSSR count). The fraction of sp³-hybridized carbons (Fsp3) is 0.111. The van der Waals surface area contributed by atoms with E-state index in [0.717, 1.165) is 22.3 Å². The minimum absolute atomic E-state index is 0.210. The van der Waals surface area contributed by atoms with Crippen molar-refractivity contribution in [1.82, 2.24) is 9.97 Å². The predicted octanol–water partition coefficient (Wildman–Crippen LogP) is 3.98. The summed E-state index contributed by atoms with van der Waals surface area (Å²) in [6.07, 6.45) is 6.89. The number of rotatable bonds is 4. The van der Waals surface area contributed by atoms with Crippen LogP contribution in [0.1, 0.15) is 11.1 Å². The molecule has 122 valence electrons. The van der Waals surface area contributed by atoms with Gasteiger partial charge in [-0.1, -0.05) is 12.1 Å². The summed E-state index contributed by atoms with van der Waals surface area (Å²) in [5.41, 5.74) is 4.50. The van der Waals surface area contributed by atoms with E-state index in [0.29, 0.717) is 5.56 Å². The van der Waals surface area contributed by atoms with E-state index in [1.807, 2.05) is 19.1 Å². The molecule has 4 nitrogen and oxygen atoms in total. The lowest BCUT2D eigenvalue weighted by Crippen LogP contribution is -1.97. The average Bonchev–Trinajstić information content (AvgIpc) is 2.56. The first-order chi connectivity index (χ1) is 11.5. The molecule has 1 aromatic carbocycles. The van der Waals surface area contributed by atoms with Crippen LogP contribution in [-0.4, -0.2) is 18.7 Å². The third kappa shape index (κ3) is 3.55. The summed E-state index contributed by atoms with van der Waals surface area (Å²) in [5, 5.41) is 0. The van der Waals surface area contributed by atoms with Gasteiger partial charge in [0.2, 0.25) is 0 Å².